The van der Waals surface area contributed by atoms with Gasteiger partial charge in [-0.3, -0.25) is 4.79 Å². The Hall–Kier alpha value is -4.64. The molecule has 0 saturated carbocycles. The summed E-state index contributed by atoms with van der Waals surface area (Å²) in [5.74, 6) is 1.71. The number of hydrogen-bond acceptors (Lipinski definition) is 10. The van der Waals surface area contributed by atoms with Crippen LogP contribution in [0.5, 0.6) is 0 Å². The van der Waals surface area contributed by atoms with Crippen LogP contribution in [0.4, 0.5) is 17.6 Å². The highest BCUT2D eigenvalue weighted by atomic mass is 16.4. The number of aliphatic hydroxyl groups is 1. The van der Waals surface area contributed by atoms with Crippen LogP contribution in [-0.4, -0.2) is 54.2 Å². The average Bonchev–Trinajstić information content (AvgIpc) is 3.43. The van der Waals surface area contributed by atoms with Crippen LogP contribution < -0.4 is 10.6 Å². The zero-order valence-corrected chi connectivity index (χ0v) is 21.3. The summed E-state index contributed by atoms with van der Waals surface area (Å²) in [5.41, 5.74) is 1.98. The number of aromatic nitrogens is 5. The Morgan fingerprint density at radius 1 is 1.13 bits per heavy atom. The van der Waals surface area contributed by atoms with Crippen molar-refractivity contribution >= 4 is 23.5 Å². The van der Waals surface area contributed by atoms with Crippen LogP contribution in [0.2, 0.25) is 0 Å². The Morgan fingerprint density at radius 2 is 1.92 bits per heavy atom. The zero-order valence-electron chi connectivity index (χ0n) is 21.3. The van der Waals surface area contributed by atoms with E-state index in [4.69, 9.17) is 9.40 Å². The highest BCUT2D eigenvalue weighted by Crippen LogP contribution is 2.38. The third-order valence-electron chi connectivity index (χ3n) is 6.42. The number of rotatable bonds is 9. The first-order valence-electron chi connectivity index (χ1n) is 12.1. The zero-order chi connectivity index (χ0) is 26.9. The molecule has 0 radical (unpaired) electrons. The molecule has 1 aromatic carbocycles. The number of fused-ring (bicyclic) bond motifs is 1. The molecule has 4 aromatic rings. The number of nitrogens with zero attached hydrogens (tertiary/aromatic N) is 6. The number of anilines is 3. The van der Waals surface area contributed by atoms with Gasteiger partial charge in [0.1, 0.15) is 11.6 Å². The fourth-order valence-corrected chi connectivity index (χ4v) is 4.45. The van der Waals surface area contributed by atoms with Gasteiger partial charge in [0.05, 0.1) is 35.0 Å². The van der Waals surface area contributed by atoms with Crippen LogP contribution >= 0.6 is 0 Å². The normalized spacial score (nSPS) is 14.7. The van der Waals surface area contributed by atoms with Gasteiger partial charge in [0.25, 0.3) is 11.8 Å². The highest BCUT2D eigenvalue weighted by molar-refractivity contribution is 5.99. The van der Waals surface area contributed by atoms with Crippen molar-refractivity contribution in [3.8, 4) is 11.5 Å². The Balaban J connectivity index is 1.49. The van der Waals surface area contributed by atoms with Gasteiger partial charge >= 0.3 is 0 Å². The number of aryl methyl sites for hydroxylation is 1. The number of pyridine rings is 1. The minimum absolute atomic E-state index is 0.0816. The molecule has 4 heterocycles. The van der Waals surface area contributed by atoms with E-state index in [1.54, 1.807) is 36.2 Å². The number of aliphatic hydroxyl groups excluding tert-OH is 1. The highest BCUT2D eigenvalue weighted by Gasteiger charge is 2.43. The smallest absolute Gasteiger partial charge is 0.256 e. The quantitative estimate of drug-likeness (QED) is 0.282. The predicted molar refractivity (Wildman–Crippen MR) is 142 cm³/mol. The second-order valence-corrected chi connectivity index (χ2v) is 9.35. The van der Waals surface area contributed by atoms with Gasteiger partial charge in [-0.2, -0.15) is 4.98 Å². The molecule has 3 aromatic heterocycles. The van der Waals surface area contributed by atoms with Gasteiger partial charge in [-0.25, -0.2) is 9.97 Å². The van der Waals surface area contributed by atoms with Crippen LogP contribution in [0.1, 0.15) is 47.4 Å². The molecule has 1 aliphatic heterocycles. The van der Waals surface area contributed by atoms with Crippen LogP contribution in [0.25, 0.3) is 11.5 Å². The lowest BCUT2D eigenvalue weighted by molar-refractivity contribution is 0.0649. The van der Waals surface area contributed by atoms with Crippen LogP contribution in [0.15, 0.2) is 65.7 Å². The van der Waals surface area contributed by atoms with E-state index in [2.05, 4.69) is 37.4 Å². The van der Waals surface area contributed by atoms with E-state index in [1.165, 1.54) is 0 Å². The fourth-order valence-electron chi connectivity index (χ4n) is 4.45. The number of carbonyl (C=O) groups excluding carboxylic acids is 1. The minimum Gasteiger partial charge on any atom is -0.421 e. The van der Waals surface area contributed by atoms with Crippen molar-refractivity contribution in [3.63, 3.8) is 0 Å². The van der Waals surface area contributed by atoms with Crippen molar-refractivity contribution in [1.82, 2.24) is 30.0 Å². The summed E-state index contributed by atoms with van der Waals surface area (Å²) >= 11 is 0. The van der Waals surface area contributed by atoms with E-state index in [0.717, 1.165) is 5.56 Å². The largest absolute Gasteiger partial charge is 0.421 e. The van der Waals surface area contributed by atoms with Crippen molar-refractivity contribution in [2.45, 2.75) is 32.4 Å². The lowest BCUT2D eigenvalue weighted by Crippen LogP contribution is -2.39. The summed E-state index contributed by atoms with van der Waals surface area (Å²) in [7, 11) is 0. The molecule has 0 unspecified atom stereocenters. The number of carbonyl (C=O) groups is 1. The summed E-state index contributed by atoms with van der Waals surface area (Å²) in [5, 5.41) is 24.5. The fraction of sp³-hybridized carbons (Fsp3) is 0.259. The summed E-state index contributed by atoms with van der Waals surface area (Å²) < 4.78 is 5.62. The molecule has 0 aliphatic carbocycles. The molecular weight excluding hydrogens is 484 g/mol. The molecule has 0 saturated heterocycles. The van der Waals surface area contributed by atoms with Gasteiger partial charge in [0.2, 0.25) is 11.8 Å². The van der Waals surface area contributed by atoms with Crippen molar-refractivity contribution in [2.75, 3.05) is 23.8 Å². The second kappa shape index (κ2) is 10.0. The molecule has 194 valence electrons. The van der Waals surface area contributed by atoms with Crippen LogP contribution in [0, 0.1) is 6.92 Å². The first kappa shape index (κ1) is 25.0. The van der Waals surface area contributed by atoms with E-state index in [1.807, 2.05) is 44.2 Å². The Labute approximate surface area is 219 Å². The molecule has 3 N–H and O–H groups in total. The molecule has 11 heteroatoms. The molecule has 5 rings (SSSR count). The van der Waals surface area contributed by atoms with Gasteiger partial charge in [0.15, 0.2) is 0 Å². The maximum absolute atomic E-state index is 12.9. The average molecular weight is 513 g/mol. The monoisotopic (exact) mass is 512 g/mol. The summed E-state index contributed by atoms with van der Waals surface area (Å²) in [6, 6.07) is 12.6. The third kappa shape index (κ3) is 4.59. The van der Waals surface area contributed by atoms with Gasteiger partial charge in [-0.1, -0.05) is 36.4 Å². The standard InChI is InChI=1S/C27H28N8O3/c1-5-13-35-25(37)18-11-12-21(30-22(18)27(35,3)4)31-26-28-14-19(24-34-33-16(2)38-24)23(32-26)29-20(15-36)17-9-7-6-8-10-17/h5-12,14,20,36H,1,13,15H2,2-4H3,(H2,28,29,30,31,32)/t20-/m1/s1. The van der Waals surface area contributed by atoms with Gasteiger partial charge < -0.3 is 25.1 Å². The maximum Gasteiger partial charge on any atom is 0.256 e. The van der Waals surface area contributed by atoms with Crippen molar-refractivity contribution in [1.29, 1.82) is 0 Å². The van der Waals surface area contributed by atoms with E-state index < -0.39 is 11.6 Å². The van der Waals surface area contributed by atoms with E-state index in [0.29, 0.717) is 40.9 Å². The summed E-state index contributed by atoms with van der Waals surface area (Å²) in [6.45, 7) is 9.62. The minimum atomic E-state index is -0.602. The molecular formula is C27H28N8O3. The van der Waals surface area contributed by atoms with E-state index in [-0.39, 0.29) is 24.4 Å². The summed E-state index contributed by atoms with van der Waals surface area (Å²) in [4.78, 5) is 28.4. The Bertz CT molecular complexity index is 1480. The van der Waals surface area contributed by atoms with Crippen molar-refractivity contribution in [3.05, 3.63) is 84.0 Å². The lowest BCUT2D eigenvalue weighted by atomic mass is 9.99. The maximum atomic E-state index is 12.9. The number of amides is 1. The summed E-state index contributed by atoms with van der Waals surface area (Å²) in [6.07, 6.45) is 3.27. The predicted octanol–water partition coefficient (Wildman–Crippen LogP) is 4.00. The number of hydrogen-bond donors (Lipinski definition) is 3. The third-order valence-corrected chi connectivity index (χ3v) is 6.42. The van der Waals surface area contributed by atoms with Gasteiger partial charge in [-0.05, 0) is 31.5 Å². The van der Waals surface area contributed by atoms with Gasteiger partial charge in [-0.15, -0.1) is 16.8 Å². The molecule has 0 bridgehead atoms. The van der Waals surface area contributed by atoms with Crippen LogP contribution in [0.3, 0.4) is 0 Å². The molecule has 0 spiro atoms. The first-order valence-corrected chi connectivity index (χ1v) is 12.1. The van der Waals surface area contributed by atoms with Crippen LogP contribution in [-0.2, 0) is 5.54 Å². The van der Waals surface area contributed by atoms with Crippen molar-refractivity contribution < 1.29 is 14.3 Å². The second-order valence-electron chi connectivity index (χ2n) is 9.35. The molecule has 0 fully saturated rings. The topological polar surface area (TPSA) is 142 Å². The van der Waals surface area contributed by atoms with E-state index >= 15 is 0 Å². The molecule has 1 amide bonds. The van der Waals surface area contributed by atoms with E-state index in [9.17, 15) is 9.90 Å². The molecule has 1 atom stereocenters. The lowest BCUT2D eigenvalue weighted by Gasteiger charge is -2.30. The Morgan fingerprint density at radius 3 is 2.61 bits per heavy atom. The number of benzene rings is 1. The first-order chi connectivity index (χ1) is 18.3. The molecule has 11 nitrogen and oxygen atoms in total. The molecule has 1 aliphatic rings. The molecule has 38 heavy (non-hydrogen) atoms. The van der Waals surface area contributed by atoms with Crippen molar-refractivity contribution in [2.24, 2.45) is 0 Å². The van der Waals surface area contributed by atoms with Gasteiger partial charge in [0, 0.05) is 19.7 Å². The SMILES string of the molecule is C=CCN1C(=O)c2ccc(Nc3ncc(-c4nnc(C)o4)c(N[C@H](CO)c4ccccc4)n3)nc2C1(C)C. The number of nitrogens with one attached hydrogen (secondary N) is 2. The Kier molecular flexibility index (Phi) is 6.60.